The predicted molar refractivity (Wildman–Crippen MR) is 109 cm³/mol. The van der Waals surface area contributed by atoms with Gasteiger partial charge in [-0.05, 0) is 42.8 Å². The van der Waals surface area contributed by atoms with Crippen molar-refractivity contribution < 1.29 is 24.6 Å². The zero-order valence-electron chi connectivity index (χ0n) is 15.4. The fourth-order valence-electron chi connectivity index (χ4n) is 2.36. The summed E-state index contributed by atoms with van der Waals surface area (Å²) in [4.78, 5) is 35.8. The van der Waals surface area contributed by atoms with E-state index in [0.717, 1.165) is 17.7 Å². The second kappa shape index (κ2) is 10.4. The standard InChI is InChI=1S/C20H22N2O5S/c1-2-3-7-18(24)21-13-5-4-6-15(10-13)28-12-19(25)22-14-8-9-17(23)16(11-14)20(26)27/h4-6,8-11,23H,2-3,7,12H2,1H3,(H,21,24)(H,22,25)(H,26,27). The molecule has 0 bridgehead atoms. The van der Waals surface area contributed by atoms with Gasteiger partial charge in [-0.2, -0.15) is 0 Å². The highest BCUT2D eigenvalue weighted by atomic mass is 32.2. The lowest BCUT2D eigenvalue weighted by atomic mass is 10.2. The van der Waals surface area contributed by atoms with E-state index in [1.807, 2.05) is 13.0 Å². The molecule has 0 aliphatic carbocycles. The van der Waals surface area contributed by atoms with Gasteiger partial charge in [0.05, 0.1) is 5.75 Å². The number of thioether (sulfide) groups is 1. The molecule has 0 radical (unpaired) electrons. The first kappa shape index (κ1) is 21.3. The number of hydrogen-bond acceptors (Lipinski definition) is 5. The summed E-state index contributed by atoms with van der Waals surface area (Å²) < 4.78 is 0. The predicted octanol–water partition coefficient (Wildman–Crippen LogP) is 3.95. The molecule has 0 atom stereocenters. The molecule has 0 spiro atoms. The minimum Gasteiger partial charge on any atom is -0.507 e. The Labute approximate surface area is 167 Å². The van der Waals surface area contributed by atoms with Crippen LogP contribution in [0.5, 0.6) is 5.75 Å². The maximum Gasteiger partial charge on any atom is 0.339 e. The summed E-state index contributed by atoms with van der Waals surface area (Å²) >= 11 is 1.29. The second-order valence-electron chi connectivity index (χ2n) is 6.05. The lowest BCUT2D eigenvalue weighted by Gasteiger charge is -2.09. The van der Waals surface area contributed by atoms with E-state index in [2.05, 4.69) is 10.6 Å². The van der Waals surface area contributed by atoms with E-state index < -0.39 is 5.97 Å². The van der Waals surface area contributed by atoms with Crippen LogP contribution in [-0.2, 0) is 9.59 Å². The van der Waals surface area contributed by atoms with Crippen LogP contribution in [0.1, 0.15) is 36.5 Å². The van der Waals surface area contributed by atoms with Crippen LogP contribution in [-0.4, -0.2) is 33.7 Å². The third kappa shape index (κ3) is 6.62. The molecule has 4 N–H and O–H groups in total. The van der Waals surface area contributed by atoms with Crippen LogP contribution >= 0.6 is 11.8 Å². The molecule has 0 heterocycles. The Balaban J connectivity index is 1.91. The summed E-state index contributed by atoms with van der Waals surface area (Å²) in [6, 6.07) is 11.1. The summed E-state index contributed by atoms with van der Waals surface area (Å²) in [5, 5.41) is 23.9. The van der Waals surface area contributed by atoms with Crippen LogP contribution in [0, 0.1) is 0 Å². The van der Waals surface area contributed by atoms with Crippen LogP contribution < -0.4 is 10.6 Å². The average Bonchev–Trinajstić information content (AvgIpc) is 2.66. The van der Waals surface area contributed by atoms with Gasteiger partial charge in [-0.3, -0.25) is 9.59 Å². The second-order valence-corrected chi connectivity index (χ2v) is 7.10. The lowest BCUT2D eigenvalue weighted by molar-refractivity contribution is -0.116. The van der Waals surface area contributed by atoms with Gasteiger partial charge >= 0.3 is 5.97 Å². The lowest BCUT2D eigenvalue weighted by Crippen LogP contribution is -2.14. The van der Waals surface area contributed by atoms with Crippen molar-refractivity contribution in [3.63, 3.8) is 0 Å². The molecule has 2 rings (SSSR count). The monoisotopic (exact) mass is 402 g/mol. The molecule has 0 aromatic heterocycles. The van der Waals surface area contributed by atoms with Gasteiger partial charge in [-0.25, -0.2) is 4.79 Å². The molecular formula is C20H22N2O5S. The van der Waals surface area contributed by atoms with Gasteiger partial charge in [-0.1, -0.05) is 19.4 Å². The van der Waals surface area contributed by atoms with Crippen LogP contribution in [0.15, 0.2) is 47.4 Å². The number of unbranched alkanes of at least 4 members (excludes halogenated alkanes) is 1. The minimum absolute atomic E-state index is 0.0386. The van der Waals surface area contributed by atoms with E-state index >= 15 is 0 Å². The number of phenols is 1. The zero-order valence-corrected chi connectivity index (χ0v) is 16.2. The molecule has 8 heteroatoms. The maximum absolute atomic E-state index is 12.1. The Bertz CT molecular complexity index is 869. The van der Waals surface area contributed by atoms with Gasteiger partial charge < -0.3 is 20.8 Å². The summed E-state index contributed by atoms with van der Waals surface area (Å²) in [5.41, 5.74) is 0.686. The number of carbonyl (C=O) groups is 3. The molecule has 28 heavy (non-hydrogen) atoms. The van der Waals surface area contributed by atoms with Crippen molar-refractivity contribution in [3.8, 4) is 5.75 Å². The third-order valence-electron chi connectivity index (χ3n) is 3.76. The molecule has 0 saturated heterocycles. The van der Waals surface area contributed by atoms with Crippen molar-refractivity contribution >= 4 is 40.9 Å². The molecule has 0 aliphatic rings. The highest BCUT2D eigenvalue weighted by Gasteiger charge is 2.12. The Morgan fingerprint density at radius 2 is 1.71 bits per heavy atom. The first-order valence-electron chi connectivity index (χ1n) is 8.78. The number of amides is 2. The van der Waals surface area contributed by atoms with Crippen molar-refractivity contribution in [1.82, 2.24) is 0 Å². The van der Waals surface area contributed by atoms with Crippen LogP contribution in [0.4, 0.5) is 11.4 Å². The molecule has 2 amide bonds. The summed E-state index contributed by atoms with van der Waals surface area (Å²) in [6.07, 6.45) is 2.26. The average molecular weight is 402 g/mol. The molecule has 0 fully saturated rings. The number of aromatic hydroxyl groups is 1. The van der Waals surface area contributed by atoms with Crippen LogP contribution in [0.3, 0.4) is 0 Å². The normalized spacial score (nSPS) is 10.3. The number of carbonyl (C=O) groups excluding carboxylic acids is 2. The molecule has 0 aliphatic heterocycles. The molecule has 0 unspecified atom stereocenters. The quantitative estimate of drug-likeness (QED) is 0.373. The van der Waals surface area contributed by atoms with E-state index in [9.17, 15) is 19.5 Å². The molecular weight excluding hydrogens is 380 g/mol. The van der Waals surface area contributed by atoms with Crippen LogP contribution in [0.25, 0.3) is 0 Å². The van der Waals surface area contributed by atoms with E-state index in [0.29, 0.717) is 12.1 Å². The number of benzene rings is 2. The van der Waals surface area contributed by atoms with Gasteiger partial charge in [0.15, 0.2) is 0 Å². The summed E-state index contributed by atoms with van der Waals surface area (Å²) in [7, 11) is 0. The van der Waals surface area contributed by atoms with E-state index in [1.54, 1.807) is 18.2 Å². The number of aromatic carboxylic acids is 1. The topological polar surface area (TPSA) is 116 Å². The van der Waals surface area contributed by atoms with Gasteiger partial charge in [0, 0.05) is 22.7 Å². The van der Waals surface area contributed by atoms with Crippen molar-refractivity contribution in [1.29, 1.82) is 0 Å². The third-order valence-corrected chi connectivity index (χ3v) is 4.75. The number of rotatable bonds is 9. The number of nitrogens with one attached hydrogen (secondary N) is 2. The minimum atomic E-state index is -1.28. The van der Waals surface area contributed by atoms with E-state index in [-0.39, 0.29) is 34.6 Å². The SMILES string of the molecule is CCCCC(=O)Nc1cccc(SCC(=O)Nc2ccc(O)c(C(=O)O)c2)c1. The highest BCUT2D eigenvalue weighted by Crippen LogP contribution is 2.24. The number of anilines is 2. The summed E-state index contributed by atoms with van der Waals surface area (Å²) in [5.74, 6) is -1.89. The highest BCUT2D eigenvalue weighted by molar-refractivity contribution is 8.00. The van der Waals surface area contributed by atoms with Crippen molar-refractivity contribution in [3.05, 3.63) is 48.0 Å². The maximum atomic E-state index is 12.1. The van der Waals surface area contributed by atoms with Crippen molar-refractivity contribution in [2.24, 2.45) is 0 Å². The van der Waals surface area contributed by atoms with Crippen molar-refractivity contribution in [2.45, 2.75) is 31.1 Å². The molecule has 148 valence electrons. The van der Waals surface area contributed by atoms with Gasteiger partial charge in [0.2, 0.25) is 11.8 Å². The van der Waals surface area contributed by atoms with Crippen LogP contribution in [0.2, 0.25) is 0 Å². The first-order valence-corrected chi connectivity index (χ1v) is 9.76. The zero-order chi connectivity index (χ0) is 20.5. The Morgan fingerprint density at radius 3 is 2.43 bits per heavy atom. The van der Waals surface area contributed by atoms with E-state index in [1.165, 1.54) is 30.0 Å². The van der Waals surface area contributed by atoms with Gasteiger partial charge in [-0.15, -0.1) is 11.8 Å². The van der Waals surface area contributed by atoms with Gasteiger partial charge in [0.25, 0.3) is 0 Å². The first-order chi connectivity index (χ1) is 13.4. The number of carboxylic acid groups (broad SMARTS) is 1. The van der Waals surface area contributed by atoms with Gasteiger partial charge in [0.1, 0.15) is 11.3 Å². The fraction of sp³-hybridized carbons (Fsp3) is 0.250. The molecule has 7 nitrogen and oxygen atoms in total. The number of hydrogen-bond donors (Lipinski definition) is 4. The van der Waals surface area contributed by atoms with E-state index in [4.69, 9.17) is 5.11 Å². The molecule has 2 aromatic carbocycles. The van der Waals surface area contributed by atoms with Crippen molar-refractivity contribution in [2.75, 3.05) is 16.4 Å². The number of carboxylic acids is 1. The largest absolute Gasteiger partial charge is 0.507 e. The Morgan fingerprint density at radius 1 is 1.00 bits per heavy atom. The molecule has 2 aromatic rings. The summed E-state index contributed by atoms with van der Waals surface area (Å²) in [6.45, 7) is 2.02. The molecule has 0 saturated carbocycles. The Kier molecular flexibility index (Phi) is 7.88. The smallest absolute Gasteiger partial charge is 0.339 e. The Hall–Kier alpha value is -3.00. The fourth-order valence-corrected chi connectivity index (χ4v) is 3.11.